The van der Waals surface area contributed by atoms with Gasteiger partial charge in [-0.05, 0) is 43.5 Å². The molecule has 1 aliphatic carbocycles. The lowest BCUT2D eigenvalue weighted by Gasteiger charge is -2.32. The van der Waals surface area contributed by atoms with E-state index in [0.29, 0.717) is 17.6 Å². The summed E-state index contributed by atoms with van der Waals surface area (Å²) < 4.78 is 0. The summed E-state index contributed by atoms with van der Waals surface area (Å²) in [5.41, 5.74) is 8.94. The summed E-state index contributed by atoms with van der Waals surface area (Å²) in [5, 5.41) is 9.31. The first-order valence-corrected chi connectivity index (χ1v) is 7.32. The largest absolute Gasteiger partial charge is 0.395 e. The van der Waals surface area contributed by atoms with E-state index >= 15 is 0 Å². The van der Waals surface area contributed by atoms with Crippen LogP contribution in [0.15, 0.2) is 18.2 Å². The molecule has 19 heavy (non-hydrogen) atoms. The molecule has 1 aliphatic rings. The van der Waals surface area contributed by atoms with Gasteiger partial charge in [-0.2, -0.15) is 0 Å². The Labute approximate surface area is 120 Å². The van der Waals surface area contributed by atoms with Gasteiger partial charge in [-0.3, -0.25) is 0 Å². The zero-order chi connectivity index (χ0) is 13.8. The quantitative estimate of drug-likeness (QED) is 0.812. The molecule has 0 aliphatic heterocycles. The van der Waals surface area contributed by atoms with Crippen molar-refractivity contribution in [1.29, 1.82) is 0 Å². The topological polar surface area (TPSA) is 49.5 Å². The average Bonchev–Trinajstić information content (AvgIpc) is 2.90. The average molecular weight is 278 g/mol. The summed E-state index contributed by atoms with van der Waals surface area (Å²) in [6, 6.07) is 6.65. The highest BCUT2D eigenvalue weighted by atomic mass is 32.1. The summed E-state index contributed by atoms with van der Waals surface area (Å²) >= 11 is 5.01. The molecule has 0 atom stereocenters. The maximum absolute atomic E-state index is 9.31. The van der Waals surface area contributed by atoms with Gasteiger partial charge in [-0.25, -0.2) is 0 Å². The van der Waals surface area contributed by atoms with Gasteiger partial charge in [-0.15, -0.1) is 0 Å². The van der Waals surface area contributed by atoms with Gasteiger partial charge in [0.1, 0.15) is 4.99 Å². The lowest BCUT2D eigenvalue weighted by atomic mass is 10.1. The Kier molecular flexibility index (Phi) is 4.77. The van der Waals surface area contributed by atoms with Crippen molar-refractivity contribution in [3.05, 3.63) is 29.3 Å². The van der Waals surface area contributed by atoms with E-state index in [2.05, 4.69) is 17.9 Å². The van der Waals surface area contributed by atoms with Gasteiger partial charge in [-0.1, -0.05) is 25.1 Å². The van der Waals surface area contributed by atoms with Crippen molar-refractivity contribution < 1.29 is 5.11 Å². The first-order valence-electron chi connectivity index (χ1n) is 6.91. The number of hydrogen-bond donors (Lipinski definition) is 2. The minimum atomic E-state index is 0.187. The SMILES string of the molecule is Cc1cc(C(N)=S)ccc1N(CCO)C1CCCC1. The van der Waals surface area contributed by atoms with Gasteiger partial charge in [0.15, 0.2) is 0 Å². The van der Waals surface area contributed by atoms with Crippen LogP contribution in [0.5, 0.6) is 0 Å². The van der Waals surface area contributed by atoms with Crippen LogP contribution in [0.3, 0.4) is 0 Å². The van der Waals surface area contributed by atoms with Gasteiger partial charge < -0.3 is 15.7 Å². The smallest absolute Gasteiger partial charge is 0.103 e. The van der Waals surface area contributed by atoms with Crippen LogP contribution in [0.25, 0.3) is 0 Å². The summed E-state index contributed by atoms with van der Waals surface area (Å²) in [7, 11) is 0. The van der Waals surface area contributed by atoms with Gasteiger partial charge in [0.05, 0.1) is 6.61 Å². The molecule has 0 radical (unpaired) electrons. The third-order valence-electron chi connectivity index (χ3n) is 3.90. The molecule has 1 aromatic rings. The molecule has 2 rings (SSSR count). The molecule has 3 N–H and O–H groups in total. The fourth-order valence-corrected chi connectivity index (χ4v) is 3.08. The van der Waals surface area contributed by atoms with Crippen molar-refractivity contribution in [1.82, 2.24) is 0 Å². The monoisotopic (exact) mass is 278 g/mol. The normalized spacial score (nSPS) is 15.7. The Morgan fingerprint density at radius 2 is 2.11 bits per heavy atom. The second kappa shape index (κ2) is 6.35. The number of nitrogens with two attached hydrogens (primary N) is 1. The van der Waals surface area contributed by atoms with Crippen LogP contribution in [0.2, 0.25) is 0 Å². The Balaban J connectivity index is 2.28. The Hall–Kier alpha value is -1.13. The van der Waals surface area contributed by atoms with Crippen molar-refractivity contribution in [3.8, 4) is 0 Å². The van der Waals surface area contributed by atoms with Crippen molar-refractivity contribution in [2.75, 3.05) is 18.1 Å². The van der Waals surface area contributed by atoms with Crippen LogP contribution in [0.1, 0.15) is 36.8 Å². The Morgan fingerprint density at radius 3 is 2.63 bits per heavy atom. The minimum absolute atomic E-state index is 0.187. The summed E-state index contributed by atoms with van der Waals surface area (Å²) in [6.45, 7) is 2.96. The zero-order valence-electron chi connectivity index (χ0n) is 11.4. The van der Waals surface area contributed by atoms with Crippen molar-refractivity contribution >= 4 is 22.9 Å². The lowest BCUT2D eigenvalue weighted by molar-refractivity contribution is 0.297. The third-order valence-corrected chi connectivity index (χ3v) is 4.13. The molecule has 0 heterocycles. The number of benzene rings is 1. The van der Waals surface area contributed by atoms with E-state index in [1.54, 1.807) is 0 Å². The second-order valence-corrected chi connectivity index (χ2v) is 5.66. The fourth-order valence-electron chi connectivity index (χ4n) is 2.95. The molecular weight excluding hydrogens is 256 g/mol. The molecule has 1 fully saturated rings. The molecule has 4 heteroatoms. The summed E-state index contributed by atoms with van der Waals surface area (Å²) in [4.78, 5) is 2.77. The fraction of sp³-hybridized carbons (Fsp3) is 0.533. The van der Waals surface area contributed by atoms with Crippen molar-refractivity contribution in [2.24, 2.45) is 5.73 Å². The maximum atomic E-state index is 9.31. The number of aliphatic hydroxyl groups is 1. The van der Waals surface area contributed by atoms with Crippen molar-refractivity contribution in [3.63, 3.8) is 0 Å². The van der Waals surface area contributed by atoms with Gasteiger partial charge in [0, 0.05) is 23.8 Å². The van der Waals surface area contributed by atoms with Crippen molar-refractivity contribution in [2.45, 2.75) is 38.6 Å². The van der Waals surface area contributed by atoms with E-state index in [0.717, 1.165) is 5.56 Å². The number of nitrogens with zero attached hydrogens (tertiary/aromatic N) is 1. The maximum Gasteiger partial charge on any atom is 0.103 e. The van der Waals surface area contributed by atoms with Crippen LogP contribution >= 0.6 is 12.2 Å². The molecule has 0 aromatic heterocycles. The van der Waals surface area contributed by atoms with E-state index in [4.69, 9.17) is 18.0 Å². The molecule has 1 saturated carbocycles. The van der Waals surface area contributed by atoms with E-state index in [1.807, 2.05) is 12.1 Å². The minimum Gasteiger partial charge on any atom is -0.395 e. The van der Waals surface area contributed by atoms with Crippen LogP contribution in [-0.4, -0.2) is 29.3 Å². The van der Waals surface area contributed by atoms with Gasteiger partial charge in [0.2, 0.25) is 0 Å². The number of aliphatic hydroxyl groups excluding tert-OH is 1. The van der Waals surface area contributed by atoms with Gasteiger partial charge in [0.25, 0.3) is 0 Å². The number of anilines is 1. The third kappa shape index (κ3) is 3.25. The summed E-state index contributed by atoms with van der Waals surface area (Å²) in [6.07, 6.45) is 5.01. The van der Waals surface area contributed by atoms with Crippen LogP contribution < -0.4 is 10.6 Å². The molecule has 0 bridgehead atoms. The molecule has 104 valence electrons. The first kappa shape index (κ1) is 14.3. The molecule has 1 aromatic carbocycles. The van der Waals surface area contributed by atoms with E-state index < -0.39 is 0 Å². The highest BCUT2D eigenvalue weighted by Crippen LogP contribution is 2.30. The van der Waals surface area contributed by atoms with E-state index in [9.17, 15) is 5.11 Å². The van der Waals surface area contributed by atoms with E-state index in [1.165, 1.54) is 36.9 Å². The number of hydrogen-bond acceptors (Lipinski definition) is 3. The van der Waals surface area contributed by atoms with E-state index in [-0.39, 0.29) is 6.61 Å². The second-order valence-electron chi connectivity index (χ2n) is 5.22. The molecule has 0 unspecified atom stereocenters. The molecule has 0 saturated heterocycles. The molecule has 0 spiro atoms. The zero-order valence-corrected chi connectivity index (χ0v) is 12.2. The lowest BCUT2D eigenvalue weighted by Crippen LogP contribution is -2.36. The number of thiocarbonyl (C=S) groups is 1. The molecular formula is C15H22N2OS. The number of rotatable bonds is 5. The predicted octanol–water partition coefficient (Wildman–Crippen LogP) is 2.37. The first-order chi connectivity index (χ1) is 9.13. The Bertz CT molecular complexity index is 455. The molecule has 0 amide bonds. The number of aryl methyl sites for hydroxylation is 1. The van der Waals surface area contributed by atoms with Crippen LogP contribution in [0.4, 0.5) is 5.69 Å². The molecule has 3 nitrogen and oxygen atoms in total. The highest BCUT2D eigenvalue weighted by molar-refractivity contribution is 7.80. The summed E-state index contributed by atoms with van der Waals surface area (Å²) in [5.74, 6) is 0. The van der Waals surface area contributed by atoms with Gasteiger partial charge >= 0.3 is 0 Å². The standard InChI is InChI=1S/C15H22N2OS/c1-11-10-12(15(16)19)6-7-14(11)17(8-9-18)13-4-2-3-5-13/h6-7,10,13,18H,2-5,8-9H2,1H3,(H2,16,19). The predicted molar refractivity (Wildman–Crippen MR) is 83.8 cm³/mol. The highest BCUT2D eigenvalue weighted by Gasteiger charge is 2.23. The Morgan fingerprint density at radius 1 is 1.42 bits per heavy atom. The van der Waals surface area contributed by atoms with Crippen LogP contribution in [0, 0.1) is 6.92 Å². The van der Waals surface area contributed by atoms with Crippen LogP contribution in [-0.2, 0) is 0 Å².